The fourth-order valence-electron chi connectivity index (χ4n) is 3.21. The Hall–Kier alpha value is -1.49. The second-order valence-electron chi connectivity index (χ2n) is 6.63. The highest BCUT2D eigenvalue weighted by atomic mass is 19.1. The Balaban J connectivity index is 1.99. The molecule has 0 aliphatic carbocycles. The Labute approximate surface area is 137 Å². The minimum Gasteiger partial charge on any atom is -0.339 e. The maximum atomic E-state index is 13.9. The van der Waals surface area contributed by atoms with Gasteiger partial charge in [-0.25, -0.2) is 8.78 Å². The summed E-state index contributed by atoms with van der Waals surface area (Å²) in [5, 5.41) is 3.36. The van der Waals surface area contributed by atoms with Gasteiger partial charge in [0.2, 0.25) is 5.91 Å². The molecule has 1 aliphatic rings. The van der Waals surface area contributed by atoms with Gasteiger partial charge in [0.05, 0.1) is 6.04 Å². The molecule has 1 amide bonds. The Kier molecular flexibility index (Phi) is 6.10. The first-order chi connectivity index (χ1) is 10.9. The zero-order valence-electron chi connectivity index (χ0n) is 14.1. The summed E-state index contributed by atoms with van der Waals surface area (Å²) in [4.78, 5) is 14.0. The third-order valence-electron chi connectivity index (χ3n) is 5.02. The lowest BCUT2D eigenvalue weighted by Crippen LogP contribution is -2.36. The van der Waals surface area contributed by atoms with Gasteiger partial charge in [-0.05, 0) is 62.9 Å². The van der Waals surface area contributed by atoms with Gasteiger partial charge in [0.15, 0.2) is 0 Å². The molecule has 0 aromatic heterocycles. The van der Waals surface area contributed by atoms with E-state index in [1.165, 1.54) is 4.90 Å². The second kappa shape index (κ2) is 7.86. The molecular weight excluding hydrogens is 298 g/mol. The molecular formula is C18H26F2N2O. The van der Waals surface area contributed by atoms with Crippen molar-refractivity contribution in [1.29, 1.82) is 0 Å². The number of amides is 1. The third-order valence-corrected chi connectivity index (χ3v) is 5.02. The summed E-state index contributed by atoms with van der Waals surface area (Å²) in [6, 6.07) is 2.87. The van der Waals surface area contributed by atoms with Crippen LogP contribution in [-0.4, -0.2) is 30.9 Å². The van der Waals surface area contributed by atoms with E-state index in [0.717, 1.165) is 44.1 Å². The summed E-state index contributed by atoms with van der Waals surface area (Å²) in [5.74, 6) is -0.220. The van der Waals surface area contributed by atoms with Gasteiger partial charge in [0.1, 0.15) is 11.6 Å². The average molecular weight is 324 g/mol. The molecule has 3 atom stereocenters. The van der Waals surface area contributed by atoms with E-state index in [-0.39, 0.29) is 17.4 Å². The molecule has 3 nitrogen and oxygen atoms in total. The quantitative estimate of drug-likeness (QED) is 0.899. The topological polar surface area (TPSA) is 32.3 Å². The van der Waals surface area contributed by atoms with Crippen LogP contribution < -0.4 is 5.32 Å². The summed E-state index contributed by atoms with van der Waals surface area (Å²) in [6.07, 6.45) is 2.72. The molecule has 128 valence electrons. The lowest BCUT2D eigenvalue weighted by Gasteiger charge is -2.31. The molecule has 1 N–H and O–H groups in total. The molecule has 1 aliphatic heterocycles. The first kappa shape index (κ1) is 17.9. The van der Waals surface area contributed by atoms with Crippen molar-refractivity contribution in [3.8, 4) is 0 Å². The monoisotopic (exact) mass is 324 g/mol. The van der Waals surface area contributed by atoms with Gasteiger partial charge in [-0.2, -0.15) is 0 Å². The van der Waals surface area contributed by atoms with Crippen LogP contribution >= 0.6 is 0 Å². The van der Waals surface area contributed by atoms with Crippen molar-refractivity contribution in [3.05, 3.63) is 35.4 Å². The van der Waals surface area contributed by atoms with Gasteiger partial charge in [0.25, 0.3) is 0 Å². The zero-order chi connectivity index (χ0) is 17.0. The maximum absolute atomic E-state index is 13.9. The SMILES string of the molecule is CC(CC(=O)N(C)C(C)c1cc(F)ccc1F)C1CCCNC1. The highest BCUT2D eigenvalue weighted by Gasteiger charge is 2.26. The molecule has 0 radical (unpaired) electrons. The van der Waals surface area contributed by atoms with E-state index in [4.69, 9.17) is 0 Å². The van der Waals surface area contributed by atoms with Crippen molar-refractivity contribution in [2.24, 2.45) is 11.8 Å². The number of hydrogen-bond donors (Lipinski definition) is 1. The minimum atomic E-state index is -0.491. The lowest BCUT2D eigenvalue weighted by atomic mass is 9.85. The van der Waals surface area contributed by atoms with E-state index in [2.05, 4.69) is 12.2 Å². The van der Waals surface area contributed by atoms with E-state index >= 15 is 0 Å². The van der Waals surface area contributed by atoms with Gasteiger partial charge >= 0.3 is 0 Å². The fourth-order valence-corrected chi connectivity index (χ4v) is 3.21. The van der Waals surface area contributed by atoms with Gasteiger partial charge in [-0.1, -0.05) is 6.92 Å². The summed E-state index contributed by atoms with van der Waals surface area (Å²) in [6.45, 7) is 5.82. The number of nitrogens with zero attached hydrogens (tertiary/aromatic N) is 1. The van der Waals surface area contributed by atoms with Crippen LogP contribution in [0.5, 0.6) is 0 Å². The number of carbonyl (C=O) groups excluding carboxylic acids is 1. The van der Waals surface area contributed by atoms with Crippen molar-refractivity contribution in [3.63, 3.8) is 0 Å². The Morgan fingerprint density at radius 1 is 1.39 bits per heavy atom. The van der Waals surface area contributed by atoms with E-state index in [1.807, 2.05) is 0 Å². The van der Waals surface area contributed by atoms with Crippen molar-refractivity contribution in [2.75, 3.05) is 20.1 Å². The van der Waals surface area contributed by atoms with Crippen LogP contribution in [0, 0.1) is 23.5 Å². The highest BCUT2D eigenvalue weighted by molar-refractivity contribution is 5.76. The van der Waals surface area contributed by atoms with Crippen LogP contribution in [-0.2, 0) is 4.79 Å². The summed E-state index contributed by atoms with van der Waals surface area (Å²) in [7, 11) is 1.66. The first-order valence-electron chi connectivity index (χ1n) is 8.31. The number of piperidine rings is 1. The Bertz CT molecular complexity index is 544. The van der Waals surface area contributed by atoms with Crippen molar-refractivity contribution in [1.82, 2.24) is 10.2 Å². The van der Waals surface area contributed by atoms with Crippen LogP contribution in [0.3, 0.4) is 0 Å². The van der Waals surface area contributed by atoms with Crippen LogP contribution in [0.25, 0.3) is 0 Å². The Morgan fingerprint density at radius 3 is 2.78 bits per heavy atom. The number of hydrogen-bond acceptors (Lipinski definition) is 2. The Morgan fingerprint density at radius 2 is 2.13 bits per heavy atom. The normalized spacial score (nSPS) is 20.8. The molecule has 1 heterocycles. The van der Waals surface area contributed by atoms with E-state index < -0.39 is 17.7 Å². The average Bonchev–Trinajstić information content (AvgIpc) is 2.56. The first-order valence-corrected chi connectivity index (χ1v) is 8.31. The lowest BCUT2D eigenvalue weighted by molar-refractivity contribution is -0.133. The predicted octanol–water partition coefficient (Wildman–Crippen LogP) is 3.51. The molecule has 1 saturated heterocycles. The molecule has 1 aromatic rings. The van der Waals surface area contributed by atoms with E-state index in [9.17, 15) is 13.6 Å². The minimum absolute atomic E-state index is 0.0285. The van der Waals surface area contributed by atoms with Crippen molar-refractivity contribution >= 4 is 5.91 Å². The van der Waals surface area contributed by atoms with Gasteiger partial charge in [0, 0.05) is 19.0 Å². The molecule has 0 saturated carbocycles. The molecule has 2 rings (SSSR count). The number of carbonyl (C=O) groups is 1. The molecule has 5 heteroatoms. The van der Waals surface area contributed by atoms with E-state index in [0.29, 0.717) is 12.3 Å². The molecule has 0 spiro atoms. The number of nitrogens with one attached hydrogen (secondary N) is 1. The summed E-state index contributed by atoms with van der Waals surface area (Å²) >= 11 is 0. The number of benzene rings is 1. The fraction of sp³-hybridized carbons (Fsp3) is 0.611. The number of rotatable bonds is 5. The van der Waals surface area contributed by atoms with Crippen LogP contribution in [0.1, 0.15) is 44.7 Å². The van der Waals surface area contributed by atoms with Crippen LogP contribution in [0.2, 0.25) is 0 Å². The van der Waals surface area contributed by atoms with Crippen LogP contribution in [0.15, 0.2) is 18.2 Å². The van der Waals surface area contributed by atoms with Gasteiger partial charge < -0.3 is 10.2 Å². The smallest absolute Gasteiger partial charge is 0.223 e. The van der Waals surface area contributed by atoms with E-state index in [1.54, 1.807) is 14.0 Å². The van der Waals surface area contributed by atoms with Crippen molar-refractivity contribution in [2.45, 2.75) is 39.2 Å². The molecule has 1 aromatic carbocycles. The zero-order valence-corrected chi connectivity index (χ0v) is 14.1. The largest absolute Gasteiger partial charge is 0.339 e. The molecule has 0 bridgehead atoms. The van der Waals surface area contributed by atoms with Gasteiger partial charge in [-0.3, -0.25) is 4.79 Å². The summed E-state index contributed by atoms with van der Waals surface area (Å²) < 4.78 is 27.2. The number of halogens is 2. The third kappa shape index (κ3) is 4.50. The second-order valence-corrected chi connectivity index (χ2v) is 6.63. The highest BCUT2D eigenvalue weighted by Crippen LogP contribution is 2.27. The summed E-state index contributed by atoms with van der Waals surface area (Å²) in [5.41, 5.74) is 0.216. The standard InChI is InChI=1S/C18H26F2N2O/c1-12(14-5-4-8-21-11-14)9-18(23)22(3)13(2)16-10-15(19)6-7-17(16)20/h6-7,10,12-14,21H,4-5,8-9,11H2,1-3H3. The maximum Gasteiger partial charge on any atom is 0.223 e. The van der Waals surface area contributed by atoms with Crippen molar-refractivity contribution < 1.29 is 13.6 Å². The predicted molar refractivity (Wildman–Crippen MR) is 86.9 cm³/mol. The molecule has 1 fully saturated rings. The molecule has 23 heavy (non-hydrogen) atoms. The van der Waals surface area contributed by atoms with Gasteiger partial charge in [-0.15, -0.1) is 0 Å². The van der Waals surface area contributed by atoms with Crippen LogP contribution in [0.4, 0.5) is 8.78 Å². The molecule has 3 unspecified atom stereocenters.